The van der Waals surface area contributed by atoms with Crippen LogP contribution < -0.4 is 33.5 Å². The van der Waals surface area contributed by atoms with Crippen molar-refractivity contribution in [2.45, 2.75) is 12.2 Å². The highest BCUT2D eigenvalue weighted by molar-refractivity contribution is 5.19. The van der Waals surface area contributed by atoms with E-state index in [1.165, 1.54) is 0 Å². The molecule has 0 radical (unpaired) electrons. The summed E-state index contributed by atoms with van der Waals surface area (Å²) in [5.41, 5.74) is 0. The molecule has 9 N–H and O–H groups in total. The van der Waals surface area contributed by atoms with E-state index in [4.69, 9.17) is 0 Å². The van der Waals surface area contributed by atoms with Gasteiger partial charge in [-0.15, -0.1) is 33.5 Å². The van der Waals surface area contributed by atoms with Crippen molar-refractivity contribution in [2.75, 3.05) is 0 Å². The van der Waals surface area contributed by atoms with Crippen molar-refractivity contribution in [3.05, 3.63) is 27.5 Å². The first-order valence-corrected chi connectivity index (χ1v) is 5.01. The Hall–Kier alpha value is -1.14. The molecule has 5 unspecified atom stereocenters. The van der Waals surface area contributed by atoms with Crippen LogP contribution in [0, 0.1) is 15.6 Å². The van der Waals surface area contributed by atoms with Crippen LogP contribution in [0.15, 0.2) is 11.8 Å². The summed E-state index contributed by atoms with van der Waals surface area (Å²) in [4.78, 5) is 24.8. The van der Waals surface area contributed by atoms with Gasteiger partial charge in [-0.05, 0) is 16.2 Å². The number of quaternary nitrogens is 3. The van der Waals surface area contributed by atoms with E-state index in [1.807, 2.05) is 0 Å². The lowest BCUT2D eigenvalue weighted by Crippen LogP contribution is -3.12. The number of rotatable bonds is 12. The van der Waals surface area contributed by atoms with Gasteiger partial charge in [-0.3, -0.25) is 0 Å². The van der Waals surface area contributed by atoms with Gasteiger partial charge in [0.05, 0.1) is 0 Å². The molecular weight excluding hydrogens is 324 g/mol. The quantitative estimate of drug-likeness (QED) is 0.110. The van der Waals surface area contributed by atoms with E-state index in [2.05, 4.69) is 62.3 Å². The Bertz CT molecular complexity index is 340. The van der Waals surface area contributed by atoms with E-state index in [0.717, 1.165) is 6.08 Å². The van der Waals surface area contributed by atoms with Crippen LogP contribution in [0.25, 0.3) is 0 Å². The third-order valence-electron chi connectivity index (χ3n) is 1.68. The van der Waals surface area contributed by atoms with Gasteiger partial charge in [-0.25, -0.2) is 0 Å². The van der Waals surface area contributed by atoms with Gasteiger partial charge in [-0.1, -0.05) is 0 Å². The highest BCUT2D eigenvalue weighted by Crippen LogP contribution is 2.27. The molecule has 1 rings (SSSR count). The highest BCUT2D eigenvalue weighted by Gasteiger charge is 2.41. The summed E-state index contributed by atoms with van der Waals surface area (Å²) in [5, 5.41) is 38.7. The van der Waals surface area contributed by atoms with E-state index < -0.39 is 28.2 Å². The molecule has 18 heteroatoms. The van der Waals surface area contributed by atoms with Crippen molar-refractivity contribution < 1.29 is 60.7 Å². The van der Waals surface area contributed by atoms with E-state index in [9.17, 15) is 15.6 Å². The molecular formula is C4H12N6O12. The maximum atomic E-state index is 10.3. The lowest BCUT2D eigenvalue weighted by molar-refractivity contribution is -1.13. The topological polar surface area (TPSA) is 244 Å². The highest BCUT2D eigenvalue weighted by atomic mass is 17.6. The van der Waals surface area contributed by atoms with Crippen LogP contribution in [-0.4, -0.2) is 12.2 Å². The summed E-state index contributed by atoms with van der Waals surface area (Å²) in [6.07, 6.45) is -1.25. The van der Waals surface area contributed by atoms with E-state index >= 15 is 0 Å². The monoisotopic (exact) mass is 336 g/mol. The largest absolute Gasteiger partial charge is 0.577 e. The number of hydrogen-bond donors (Lipinski definition) is 6. The molecule has 0 aromatic heterocycles. The summed E-state index contributed by atoms with van der Waals surface area (Å²) in [5.74, 6) is 13.6. The van der Waals surface area contributed by atoms with Crippen LogP contribution >= 0.6 is 0 Å². The van der Waals surface area contributed by atoms with Gasteiger partial charge in [0, 0.05) is 20.0 Å². The Labute approximate surface area is 119 Å². The Balaban J connectivity index is 2.38. The van der Waals surface area contributed by atoms with Crippen molar-refractivity contribution in [1.82, 2.24) is 0 Å². The average molecular weight is 336 g/mol. The molecule has 130 valence electrons. The van der Waals surface area contributed by atoms with Crippen LogP contribution in [-0.2, 0) is 44.7 Å². The third kappa shape index (κ3) is 7.22. The molecule has 0 aromatic carbocycles. The summed E-state index contributed by atoms with van der Waals surface area (Å²) in [7, 11) is 0. The SMILES string of the molecule is N[NH+]([O-])OOOC1=CC(OOO[NH+](N)[O-])C1OOO[NH+](N)[O-]. The standard InChI is InChI=1S/C4H12N6O12/c5-8(11)17-20-14-2-1-3(15-21-18-9(6)12)4(2)16-22-19-10(7)13/h1-2,4,8-10H,5-7H2. The maximum absolute atomic E-state index is 10.3. The fourth-order valence-corrected chi connectivity index (χ4v) is 0.927. The molecule has 0 bridgehead atoms. The Morgan fingerprint density at radius 1 is 0.818 bits per heavy atom. The van der Waals surface area contributed by atoms with E-state index in [1.54, 1.807) is 0 Å². The lowest BCUT2D eigenvalue weighted by atomic mass is 10.0. The first-order chi connectivity index (χ1) is 10.4. The zero-order valence-corrected chi connectivity index (χ0v) is 10.4. The Kier molecular flexibility index (Phi) is 8.42. The Morgan fingerprint density at radius 2 is 1.32 bits per heavy atom. The molecule has 0 spiro atoms. The first-order valence-electron chi connectivity index (χ1n) is 5.01. The van der Waals surface area contributed by atoms with Gasteiger partial charge in [0.2, 0.25) is 0 Å². The lowest BCUT2D eigenvalue weighted by Gasteiger charge is -2.29. The molecule has 0 aromatic rings. The minimum atomic E-state index is -1.31. The molecule has 0 heterocycles. The van der Waals surface area contributed by atoms with E-state index in [0.29, 0.717) is 0 Å². The summed E-state index contributed by atoms with van der Waals surface area (Å²) < 4.78 is 0. The van der Waals surface area contributed by atoms with Crippen LogP contribution in [0.2, 0.25) is 0 Å². The molecule has 0 aliphatic heterocycles. The minimum Gasteiger partial charge on any atom is -0.577 e. The van der Waals surface area contributed by atoms with Crippen molar-refractivity contribution >= 4 is 0 Å². The molecule has 0 saturated carbocycles. The first kappa shape index (κ1) is 18.9. The Morgan fingerprint density at radius 3 is 1.86 bits per heavy atom. The van der Waals surface area contributed by atoms with Gasteiger partial charge < -0.3 is 20.5 Å². The molecule has 0 fully saturated rings. The summed E-state index contributed by atoms with van der Waals surface area (Å²) in [6.45, 7) is 0. The minimum absolute atomic E-state index is 0.193. The zero-order valence-electron chi connectivity index (χ0n) is 10.4. The molecule has 0 amide bonds. The maximum Gasteiger partial charge on any atom is 0.190 e. The molecule has 18 nitrogen and oxygen atoms in total. The van der Waals surface area contributed by atoms with Crippen LogP contribution in [0.5, 0.6) is 0 Å². The number of hydrogen-bond acceptors (Lipinski definition) is 15. The van der Waals surface area contributed by atoms with Gasteiger partial charge >= 0.3 is 0 Å². The second-order valence-electron chi connectivity index (χ2n) is 3.14. The van der Waals surface area contributed by atoms with Gasteiger partial charge in [0.1, 0.15) is 0 Å². The second kappa shape index (κ2) is 9.79. The molecule has 1 aliphatic carbocycles. The van der Waals surface area contributed by atoms with Crippen LogP contribution in [0.3, 0.4) is 0 Å². The molecule has 1 aliphatic rings. The smallest absolute Gasteiger partial charge is 0.190 e. The van der Waals surface area contributed by atoms with Gasteiger partial charge in [0.15, 0.2) is 18.0 Å². The predicted molar refractivity (Wildman–Crippen MR) is 51.0 cm³/mol. The van der Waals surface area contributed by atoms with Crippen molar-refractivity contribution in [2.24, 2.45) is 17.5 Å². The predicted octanol–water partition coefficient (Wildman–Crippen LogP) is -7.23. The zero-order chi connectivity index (χ0) is 16.5. The third-order valence-corrected chi connectivity index (χ3v) is 1.68. The normalized spacial score (nSPS) is 25.1. The fraction of sp³-hybridized carbons (Fsp3) is 0.500. The summed E-state index contributed by atoms with van der Waals surface area (Å²) in [6, 6.07) is 0. The molecule has 0 saturated heterocycles. The van der Waals surface area contributed by atoms with Crippen LogP contribution in [0.4, 0.5) is 0 Å². The van der Waals surface area contributed by atoms with Gasteiger partial charge in [-0.2, -0.15) is 9.78 Å². The molecule has 5 atom stereocenters. The van der Waals surface area contributed by atoms with Crippen LogP contribution in [0.1, 0.15) is 0 Å². The van der Waals surface area contributed by atoms with Gasteiger partial charge in [0.25, 0.3) is 0 Å². The number of nitrogens with two attached hydrogens (primary N) is 3. The fourth-order valence-electron chi connectivity index (χ4n) is 0.927. The average Bonchev–Trinajstić information content (AvgIpc) is 2.39. The van der Waals surface area contributed by atoms with E-state index in [-0.39, 0.29) is 5.76 Å². The number of nitrogens with one attached hydrogen (secondary N) is 3. The van der Waals surface area contributed by atoms with Crippen molar-refractivity contribution in [1.29, 1.82) is 0 Å². The summed E-state index contributed by atoms with van der Waals surface area (Å²) >= 11 is 0. The van der Waals surface area contributed by atoms with Crippen molar-refractivity contribution in [3.63, 3.8) is 0 Å². The molecule has 22 heavy (non-hydrogen) atoms. The second-order valence-corrected chi connectivity index (χ2v) is 3.14. The van der Waals surface area contributed by atoms with Crippen molar-refractivity contribution in [3.8, 4) is 0 Å².